The summed E-state index contributed by atoms with van der Waals surface area (Å²) in [5.41, 5.74) is 5.52. The van der Waals surface area contributed by atoms with Gasteiger partial charge in [-0.1, -0.05) is 6.07 Å². The molecule has 2 N–H and O–H groups in total. The second kappa shape index (κ2) is 6.79. The number of methoxy groups -OCH3 is 1. The molecule has 0 radical (unpaired) electrons. The van der Waals surface area contributed by atoms with Crippen LogP contribution in [0.3, 0.4) is 0 Å². The van der Waals surface area contributed by atoms with Gasteiger partial charge in [-0.2, -0.15) is 5.10 Å². The van der Waals surface area contributed by atoms with Crippen molar-refractivity contribution in [1.29, 1.82) is 0 Å². The Hall–Kier alpha value is -2.08. The maximum Gasteiger partial charge on any atom is 0.188 e. The average Bonchev–Trinajstić information content (AvgIpc) is 2.89. The smallest absolute Gasteiger partial charge is 0.188 e. The molecule has 0 aliphatic heterocycles. The fraction of sp³-hybridized carbons (Fsp3) is 0.500. The van der Waals surface area contributed by atoms with Crippen LogP contribution in [0, 0.1) is 0 Å². The monoisotopic (exact) mass is 304 g/mol. The van der Waals surface area contributed by atoms with E-state index in [9.17, 15) is 0 Å². The van der Waals surface area contributed by atoms with E-state index in [4.69, 9.17) is 15.2 Å². The second-order valence-corrected chi connectivity index (χ2v) is 6.03. The van der Waals surface area contributed by atoms with Gasteiger partial charge < -0.3 is 15.2 Å². The Bertz CT molecular complexity index is 617. The molecule has 1 aromatic carbocycles. The molecule has 0 aliphatic rings. The predicted octanol–water partition coefficient (Wildman–Crippen LogP) is 2.12. The van der Waals surface area contributed by atoms with E-state index < -0.39 is 0 Å². The summed E-state index contributed by atoms with van der Waals surface area (Å²) in [6.45, 7) is 7.13. The van der Waals surface area contributed by atoms with Crippen molar-refractivity contribution < 1.29 is 9.47 Å². The van der Waals surface area contributed by atoms with Gasteiger partial charge >= 0.3 is 0 Å². The summed E-state index contributed by atoms with van der Waals surface area (Å²) >= 11 is 0. The SMILES string of the molecule is COc1cccc(OCc2nc(CCN)n(C(C)(C)C)n2)c1. The molecule has 0 bridgehead atoms. The van der Waals surface area contributed by atoms with Gasteiger partial charge in [-0.3, -0.25) is 0 Å². The van der Waals surface area contributed by atoms with Crippen LogP contribution in [-0.4, -0.2) is 28.4 Å². The summed E-state index contributed by atoms with van der Waals surface area (Å²) in [6.07, 6.45) is 0.698. The highest BCUT2D eigenvalue weighted by atomic mass is 16.5. The maximum absolute atomic E-state index is 5.74. The molecular formula is C16H24N4O2. The van der Waals surface area contributed by atoms with Gasteiger partial charge in [-0.25, -0.2) is 9.67 Å². The lowest BCUT2D eigenvalue weighted by Crippen LogP contribution is -2.26. The zero-order valence-corrected chi connectivity index (χ0v) is 13.7. The van der Waals surface area contributed by atoms with Crippen LogP contribution in [0.5, 0.6) is 11.5 Å². The van der Waals surface area contributed by atoms with Gasteiger partial charge in [0, 0.05) is 12.5 Å². The molecule has 0 spiro atoms. The molecule has 0 atom stereocenters. The Morgan fingerprint density at radius 1 is 1.23 bits per heavy atom. The molecule has 0 amide bonds. The van der Waals surface area contributed by atoms with Crippen LogP contribution < -0.4 is 15.2 Å². The molecule has 6 heteroatoms. The van der Waals surface area contributed by atoms with E-state index in [0.29, 0.717) is 25.4 Å². The quantitative estimate of drug-likeness (QED) is 0.884. The minimum absolute atomic E-state index is 0.133. The van der Waals surface area contributed by atoms with Crippen LogP contribution in [0.25, 0.3) is 0 Å². The Kier molecular flexibility index (Phi) is 5.03. The standard InChI is InChI=1S/C16H24N4O2/c1-16(2,3)20-15(8-9-17)18-14(19-20)11-22-13-7-5-6-12(10-13)21-4/h5-7,10H,8-9,11,17H2,1-4H3. The molecule has 0 fully saturated rings. The first kappa shape index (κ1) is 16.3. The lowest BCUT2D eigenvalue weighted by atomic mass is 10.1. The second-order valence-electron chi connectivity index (χ2n) is 6.03. The lowest BCUT2D eigenvalue weighted by Gasteiger charge is -2.20. The molecule has 0 unspecified atom stereocenters. The van der Waals surface area contributed by atoms with Gasteiger partial charge in [0.05, 0.1) is 12.6 Å². The minimum Gasteiger partial charge on any atom is -0.497 e. The van der Waals surface area contributed by atoms with Crippen molar-refractivity contribution in [2.24, 2.45) is 5.73 Å². The van der Waals surface area contributed by atoms with Crippen molar-refractivity contribution in [3.63, 3.8) is 0 Å². The summed E-state index contributed by atoms with van der Waals surface area (Å²) < 4.78 is 12.8. The third kappa shape index (κ3) is 3.98. The molecule has 1 heterocycles. The van der Waals surface area contributed by atoms with Crippen molar-refractivity contribution in [2.75, 3.05) is 13.7 Å². The highest BCUT2D eigenvalue weighted by molar-refractivity contribution is 5.32. The van der Waals surface area contributed by atoms with Crippen molar-refractivity contribution in [1.82, 2.24) is 14.8 Å². The van der Waals surface area contributed by atoms with Gasteiger partial charge in [-0.15, -0.1) is 0 Å². The molecule has 6 nitrogen and oxygen atoms in total. The van der Waals surface area contributed by atoms with E-state index >= 15 is 0 Å². The van der Waals surface area contributed by atoms with Gasteiger partial charge in [0.2, 0.25) is 0 Å². The minimum atomic E-state index is -0.133. The Morgan fingerprint density at radius 2 is 1.95 bits per heavy atom. The van der Waals surface area contributed by atoms with Gasteiger partial charge in [-0.05, 0) is 39.4 Å². The highest BCUT2D eigenvalue weighted by Crippen LogP contribution is 2.20. The first-order chi connectivity index (χ1) is 10.4. The number of rotatable bonds is 6. The van der Waals surface area contributed by atoms with Crippen LogP contribution in [0.15, 0.2) is 24.3 Å². The molecule has 0 saturated carbocycles. The third-order valence-electron chi connectivity index (χ3n) is 3.13. The van der Waals surface area contributed by atoms with Gasteiger partial charge in [0.1, 0.15) is 23.9 Å². The average molecular weight is 304 g/mol. The van der Waals surface area contributed by atoms with E-state index in [0.717, 1.165) is 17.3 Å². The van der Waals surface area contributed by atoms with Crippen LogP contribution >= 0.6 is 0 Å². The van der Waals surface area contributed by atoms with Crippen LogP contribution in [0.4, 0.5) is 0 Å². The topological polar surface area (TPSA) is 75.2 Å². The number of hydrogen-bond donors (Lipinski definition) is 1. The number of benzene rings is 1. The molecule has 0 saturated heterocycles. The largest absolute Gasteiger partial charge is 0.497 e. The van der Waals surface area contributed by atoms with E-state index in [1.165, 1.54) is 0 Å². The first-order valence-corrected chi connectivity index (χ1v) is 7.36. The summed E-state index contributed by atoms with van der Waals surface area (Å²) in [6, 6.07) is 7.47. The predicted molar refractivity (Wildman–Crippen MR) is 85.1 cm³/mol. The number of nitrogens with two attached hydrogens (primary N) is 1. The van der Waals surface area contributed by atoms with Gasteiger partial charge in [0.25, 0.3) is 0 Å². The molecule has 22 heavy (non-hydrogen) atoms. The number of hydrogen-bond acceptors (Lipinski definition) is 5. The Morgan fingerprint density at radius 3 is 2.59 bits per heavy atom. The molecule has 0 aliphatic carbocycles. The van der Waals surface area contributed by atoms with Crippen molar-refractivity contribution in [3.05, 3.63) is 35.9 Å². The molecule has 2 rings (SSSR count). The van der Waals surface area contributed by atoms with Crippen LogP contribution in [-0.2, 0) is 18.6 Å². The first-order valence-electron chi connectivity index (χ1n) is 7.36. The number of ether oxygens (including phenoxy) is 2. The Balaban J connectivity index is 2.12. The van der Waals surface area contributed by atoms with Crippen molar-refractivity contribution >= 4 is 0 Å². The van der Waals surface area contributed by atoms with E-state index in [-0.39, 0.29) is 5.54 Å². The summed E-state index contributed by atoms with van der Waals surface area (Å²) in [4.78, 5) is 4.54. The number of nitrogens with zero attached hydrogens (tertiary/aromatic N) is 3. The summed E-state index contributed by atoms with van der Waals surface area (Å²) in [7, 11) is 1.63. The molecule has 120 valence electrons. The lowest BCUT2D eigenvalue weighted by molar-refractivity contribution is 0.287. The van der Waals surface area contributed by atoms with Crippen LogP contribution in [0.2, 0.25) is 0 Å². The zero-order chi connectivity index (χ0) is 16.2. The molecular weight excluding hydrogens is 280 g/mol. The summed E-state index contributed by atoms with van der Waals surface area (Å²) in [5, 5.41) is 4.55. The fourth-order valence-electron chi connectivity index (χ4n) is 2.12. The van der Waals surface area contributed by atoms with Crippen molar-refractivity contribution in [2.45, 2.75) is 39.3 Å². The van der Waals surface area contributed by atoms with E-state index in [2.05, 4.69) is 30.9 Å². The number of aromatic nitrogens is 3. The van der Waals surface area contributed by atoms with Crippen LogP contribution in [0.1, 0.15) is 32.4 Å². The fourth-order valence-corrected chi connectivity index (χ4v) is 2.12. The normalized spacial score (nSPS) is 11.5. The highest BCUT2D eigenvalue weighted by Gasteiger charge is 2.20. The van der Waals surface area contributed by atoms with E-state index in [1.807, 2.05) is 28.9 Å². The summed E-state index contributed by atoms with van der Waals surface area (Å²) in [5.74, 6) is 3.03. The molecule has 1 aromatic heterocycles. The maximum atomic E-state index is 5.74. The van der Waals surface area contributed by atoms with Crippen molar-refractivity contribution in [3.8, 4) is 11.5 Å². The van der Waals surface area contributed by atoms with Gasteiger partial charge in [0.15, 0.2) is 5.82 Å². The third-order valence-corrected chi connectivity index (χ3v) is 3.13. The Labute approximate surface area is 131 Å². The zero-order valence-electron chi connectivity index (χ0n) is 13.7. The van der Waals surface area contributed by atoms with E-state index in [1.54, 1.807) is 7.11 Å². The molecule has 2 aromatic rings.